The Balaban J connectivity index is 0.000000180. The van der Waals surface area contributed by atoms with E-state index in [1.165, 1.54) is 70.7 Å². The number of likely N-dealkylation sites (tertiary alicyclic amines) is 1. The molecule has 0 radical (unpaired) electrons. The highest BCUT2D eigenvalue weighted by Gasteiger charge is 2.31. The van der Waals surface area contributed by atoms with Crippen LogP contribution >= 0.6 is 34.3 Å². The molecular weight excluding hydrogens is 1400 g/mol. The van der Waals surface area contributed by atoms with Crippen LogP contribution in [0.4, 0.5) is 33.1 Å². The van der Waals surface area contributed by atoms with E-state index in [0.29, 0.717) is 74.2 Å². The van der Waals surface area contributed by atoms with E-state index in [0.717, 1.165) is 83.9 Å². The third-order valence-corrected chi connectivity index (χ3v) is 23.9. The van der Waals surface area contributed by atoms with Crippen LogP contribution in [0, 0.1) is 0 Å². The number of piperidine rings is 1. The average Bonchev–Trinajstić information content (AvgIpc) is 1.82. The Bertz CT molecular complexity index is 4850. The lowest BCUT2D eigenvalue weighted by molar-refractivity contribution is -0.134. The van der Waals surface area contributed by atoms with E-state index in [2.05, 4.69) is 60.9 Å². The number of carbonyl (C=O) groups excluding carboxylic acids is 3. The maximum absolute atomic E-state index is 13.2. The first-order valence-corrected chi connectivity index (χ1v) is 39.3. The van der Waals surface area contributed by atoms with E-state index in [-0.39, 0.29) is 55.1 Å². The van der Waals surface area contributed by atoms with Gasteiger partial charge < -0.3 is 33.8 Å². The van der Waals surface area contributed by atoms with Gasteiger partial charge in [0, 0.05) is 133 Å². The van der Waals surface area contributed by atoms with Crippen molar-refractivity contribution in [2.75, 3.05) is 101 Å². The maximum Gasteiger partial charge on any atom is 0.263 e. The first-order valence-electron chi connectivity index (χ1n) is 32.7. The van der Waals surface area contributed by atoms with E-state index in [4.69, 9.17) is 16.3 Å². The summed E-state index contributed by atoms with van der Waals surface area (Å²) in [5, 5.41) is 5.86. The topological polar surface area (TPSA) is 275 Å². The van der Waals surface area contributed by atoms with Gasteiger partial charge >= 0.3 is 0 Å². The Morgan fingerprint density at radius 3 is 1.92 bits per heavy atom. The fourth-order valence-electron chi connectivity index (χ4n) is 12.7. The highest BCUT2D eigenvalue weighted by molar-refractivity contribution is 7.93. The lowest BCUT2D eigenvalue weighted by Crippen LogP contribution is -2.54. The lowest BCUT2D eigenvalue weighted by atomic mass is 9.89. The van der Waals surface area contributed by atoms with E-state index in [1.54, 1.807) is 77.5 Å². The number of benzene rings is 6. The molecule has 6 aromatic carbocycles. The van der Waals surface area contributed by atoms with Crippen LogP contribution in [0.5, 0.6) is 5.75 Å². The van der Waals surface area contributed by atoms with Gasteiger partial charge in [0.2, 0.25) is 17.7 Å². The van der Waals surface area contributed by atoms with Crippen LogP contribution in [0.3, 0.4) is 0 Å². The van der Waals surface area contributed by atoms with Crippen molar-refractivity contribution in [1.82, 2.24) is 39.2 Å². The molecule has 0 saturated carbocycles. The van der Waals surface area contributed by atoms with Crippen LogP contribution in [0.25, 0.3) is 10.9 Å². The molecule has 3 N–H and O–H groups in total. The van der Waals surface area contributed by atoms with Gasteiger partial charge in [0.1, 0.15) is 24.4 Å². The molecule has 0 spiro atoms. The summed E-state index contributed by atoms with van der Waals surface area (Å²) in [6.07, 6.45) is 11.5. The Kier molecular flexibility index (Phi) is 22.6. The summed E-state index contributed by atoms with van der Waals surface area (Å²) in [7, 11) is -9.48. The normalized spacial score (nSPS) is 16.1. The van der Waals surface area contributed by atoms with Gasteiger partial charge in [-0.15, -0.1) is 22.7 Å². The van der Waals surface area contributed by atoms with Crippen molar-refractivity contribution in [3.63, 3.8) is 0 Å². The van der Waals surface area contributed by atoms with Gasteiger partial charge in [-0.2, -0.15) is 0 Å². The van der Waals surface area contributed by atoms with Crippen LogP contribution in [0.2, 0.25) is 5.02 Å². The molecule has 3 amide bonds. The van der Waals surface area contributed by atoms with Crippen molar-refractivity contribution in [1.29, 1.82) is 0 Å². The molecule has 10 aromatic rings. The van der Waals surface area contributed by atoms with Crippen molar-refractivity contribution >= 4 is 126 Å². The quantitative estimate of drug-likeness (QED) is 0.0678. The summed E-state index contributed by atoms with van der Waals surface area (Å²) in [6.45, 7) is 9.26. The number of aromatic nitrogens is 5. The molecule has 4 aliphatic heterocycles. The van der Waals surface area contributed by atoms with Gasteiger partial charge in [0.15, 0.2) is 10.3 Å². The van der Waals surface area contributed by atoms with E-state index >= 15 is 0 Å². The fraction of sp³-hybridized carbons (Fsp3) is 0.282. The SMILES string of the molecule is COc1ccc2ccn(CC(=O)N3CCN(c4ccc(S(=O)(=O)Nc5nccs5)cc4)CC3C)c2c1.O=C(CN1CCCc2cc(Cl)ccc21)N1CCC(c2ccc(S(=O)(=O)Nc3ccncn3)cc2)CC1.O=C1CN(Cc2ccccc2)CCN1c1ccc(S(=O)(=O)Nc2nccs2)cc1.[HH].[HH].[HH]. The van der Waals surface area contributed by atoms with Gasteiger partial charge in [0.05, 0.1) is 40.4 Å². The number of hydrogen-bond acceptors (Lipinski definition) is 19. The van der Waals surface area contributed by atoms with E-state index in [9.17, 15) is 39.6 Å². The smallest absolute Gasteiger partial charge is 0.263 e. The molecule has 24 nitrogen and oxygen atoms in total. The Labute approximate surface area is 604 Å². The summed E-state index contributed by atoms with van der Waals surface area (Å²) in [6, 6.07) is 45.5. The minimum atomic E-state index is -3.72. The molecule has 3 saturated heterocycles. The van der Waals surface area contributed by atoms with Gasteiger partial charge in [-0.05, 0) is 164 Å². The van der Waals surface area contributed by atoms with Gasteiger partial charge in [-0.3, -0.25) is 33.4 Å². The van der Waals surface area contributed by atoms with Crippen LogP contribution in [0.15, 0.2) is 208 Å². The number of halogens is 1. The molecule has 101 heavy (non-hydrogen) atoms. The molecule has 1 unspecified atom stereocenters. The third kappa shape index (κ3) is 18.0. The second-order valence-electron chi connectivity index (χ2n) is 24.6. The first kappa shape index (κ1) is 71.3. The average molecular weight is 1490 g/mol. The van der Waals surface area contributed by atoms with Crippen LogP contribution < -0.4 is 33.6 Å². The Hall–Kier alpha value is -9.49. The molecule has 30 heteroatoms. The van der Waals surface area contributed by atoms with Gasteiger partial charge in [-0.25, -0.2) is 45.2 Å². The van der Waals surface area contributed by atoms with Crippen molar-refractivity contribution in [2.24, 2.45) is 0 Å². The predicted molar refractivity (Wildman–Crippen MR) is 401 cm³/mol. The summed E-state index contributed by atoms with van der Waals surface area (Å²) in [4.78, 5) is 67.0. The zero-order chi connectivity index (χ0) is 70.7. The third-order valence-electron chi connectivity index (χ3n) is 18.0. The molecule has 0 aliphatic carbocycles. The number of piperazine rings is 2. The number of aryl methyl sites for hydroxylation is 1. The minimum Gasteiger partial charge on any atom is -0.497 e. The molecule has 1 atom stereocenters. The molecule has 4 aliphatic rings. The lowest BCUT2D eigenvalue weighted by Gasteiger charge is -2.41. The number of methoxy groups -OCH3 is 1. The highest BCUT2D eigenvalue weighted by atomic mass is 35.5. The summed E-state index contributed by atoms with van der Waals surface area (Å²) >= 11 is 8.59. The molecule has 8 heterocycles. The zero-order valence-electron chi connectivity index (χ0n) is 55.4. The molecule has 14 rings (SSSR count). The van der Waals surface area contributed by atoms with Crippen molar-refractivity contribution in [3.8, 4) is 5.75 Å². The number of amides is 3. The monoisotopic (exact) mass is 1480 g/mol. The second-order valence-corrected chi connectivity index (χ2v) is 31.9. The number of nitrogens with one attached hydrogen (secondary N) is 3. The number of carbonyl (C=O) groups is 3. The second kappa shape index (κ2) is 32.0. The number of anilines is 6. The number of sulfonamides is 3. The van der Waals surface area contributed by atoms with Crippen molar-refractivity contribution in [3.05, 3.63) is 215 Å². The predicted octanol–water partition coefficient (Wildman–Crippen LogP) is 11.3. The highest BCUT2D eigenvalue weighted by Crippen LogP contribution is 2.33. The number of nitrogens with zero attached hydrogens (tertiary/aromatic N) is 11. The summed E-state index contributed by atoms with van der Waals surface area (Å²) < 4.78 is 90.0. The molecule has 0 bridgehead atoms. The molecule has 4 aromatic heterocycles. The number of hydrogen-bond donors (Lipinski definition) is 3. The summed E-state index contributed by atoms with van der Waals surface area (Å²) in [5.74, 6) is 1.49. The van der Waals surface area contributed by atoms with Gasteiger partial charge in [-0.1, -0.05) is 54.1 Å². The number of thiazole rings is 2. The molecule has 532 valence electrons. The maximum atomic E-state index is 13.2. The Morgan fingerprint density at radius 1 is 0.653 bits per heavy atom. The molecule has 3 fully saturated rings. The molecular formula is C71H81ClN14O10S5. The first-order chi connectivity index (χ1) is 48.7. The van der Waals surface area contributed by atoms with E-state index < -0.39 is 30.1 Å². The number of ether oxygens (including phenoxy) is 1. The number of fused-ring (bicyclic) bond motifs is 2. The van der Waals surface area contributed by atoms with Crippen LogP contribution in [0.1, 0.15) is 53.1 Å². The Morgan fingerprint density at radius 2 is 1.31 bits per heavy atom. The van der Waals surface area contributed by atoms with Gasteiger partial charge in [0.25, 0.3) is 30.1 Å². The van der Waals surface area contributed by atoms with Crippen LogP contribution in [-0.2, 0) is 64.0 Å². The summed E-state index contributed by atoms with van der Waals surface area (Å²) in [5.41, 5.74) is 7.17. The standard InChI is InChI=1S/C26H28ClN5O3S.C25H27N5O4S2.C20H20N4O3S2.3H2/c27-22-5-8-24-21(16-22)2-1-13-32(24)17-26(33)31-14-10-20(11-15-31)19-3-6-23(7-4-19)36(34,35)30-25-9-12-28-18-29-25;1-18-16-28(20-4-7-22(8-5-20)36(32,33)27-25-26-10-14-35-25)12-13-30(18)24(31)17-29-11-9-19-3-6-21(34-2)15-23(19)29;25-19-15-23(14-16-4-2-1-3-5-16)11-12-24(19)17-6-8-18(9-7-17)29(26,27)22-20-21-10-13-28-20;;;/h3-9,12,16,18,20H,1-2,10-11,13-15,17H2,(H,28,29,30);3-11,14-15,18H,12-13,16-17H2,1-2H3,(H,26,27);1-10,13H,11-12,14-15H2,(H,21,22);3*1H. The number of rotatable bonds is 19. The fourth-order valence-corrected chi connectivity index (χ4v) is 17.5. The van der Waals surface area contributed by atoms with E-state index in [1.807, 2.05) is 100 Å². The minimum absolute atomic E-state index is 0. The zero-order valence-corrected chi connectivity index (χ0v) is 60.2. The van der Waals surface area contributed by atoms with Crippen molar-refractivity contribution in [2.45, 2.75) is 72.3 Å². The van der Waals surface area contributed by atoms with Crippen LogP contribution in [-0.4, -0.2) is 161 Å². The largest absolute Gasteiger partial charge is 0.497 e. The van der Waals surface area contributed by atoms with Crippen molar-refractivity contribution < 1.29 is 48.7 Å².